The average molecular weight is 1490 g/mol. The summed E-state index contributed by atoms with van der Waals surface area (Å²) >= 11 is 0. The van der Waals surface area contributed by atoms with E-state index >= 15 is 0 Å². The van der Waals surface area contributed by atoms with Crippen molar-refractivity contribution in [3.63, 3.8) is 0 Å². The van der Waals surface area contributed by atoms with E-state index in [9.17, 15) is 80.6 Å². The zero-order chi connectivity index (χ0) is 74.3. The van der Waals surface area contributed by atoms with E-state index in [2.05, 4.69) is 155 Å². The van der Waals surface area contributed by atoms with Crippen molar-refractivity contribution in [2.75, 3.05) is 51.1 Å². The fourth-order valence-electron chi connectivity index (χ4n) is 15.5. The van der Waals surface area contributed by atoms with Crippen molar-refractivity contribution in [1.29, 1.82) is 0 Å². The molecule has 0 N–H and O–H groups in total. The lowest BCUT2D eigenvalue weighted by atomic mass is 9.49. The molecular weight excluding hydrogens is 1390 g/mol. The second kappa shape index (κ2) is 32.4. The second-order valence-corrected chi connectivity index (χ2v) is 33.1. The fourth-order valence-corrected chi connectivity index (χ4v) is 19.4. The summed E-state index contributed by atoms with van der Waals surface area (Å²) in [6.45, 7) is 6.45. The van der Waals surface area contributed by atoms with Gasteiger partial charge in [0.15, 0.2) is 19.6 Å². The average Bonchev–Trinajstić information content (AvgIpc) is 0.735. The molecule has 11 nitrogen and oxygen atoms in total. The van der Waals surface area contributed by atoms with Crippen LogP contribution in [0, 0.1) is 46.3 Å². The Morgan fingerprint density at radius 1 is 0.455 bits per heavy atom. The number of ether oxygens (including phenoxy) is 7. The molecule has 9 fully saturated rings. The first kappa shape index (κ1) is 81.0. The maximum Gasteiger partial charge on any atom is 0.468 e. The number of carbonyl (C=O) groups excluding carboxylic acids is 4. The van der Waals surface area contributed by atoms with E-state index in [1.54, 1.807) is 0 Å². The molecule has 27 heteroatoms. The van der Waals surface area contributed by atoms with Crippen molar-refractivity contribution in [2.24, 2.45) is 46.3 Å². The topological polar surface area (TPSA) is 133 Å². The molecule has 2 atom stereocenters. The number of hydrogen-bond donors (Lipinski definition) is 0. The Morgan fingerprint density at radius 2 is 0.752 bits per heavy atom. The summed E-state index contributed by atoms with van der Waals surface area (Å²) in [4.78, 5) is 56.5. The Bertz CT molecular complexity index is 3070. The summed E-state index contributed by atoms with van der Waals surface area (Å²) in [5, 5.41) is 0. The summed E-state index contributed by atoms with van der Waals surface area (Å²) in [6, 6.07) is 41.4. The Kier molecular flexibility index (Phi) is 26.0. The molecule has 0 amide bonds. The molecule has 4 aromatic rings. The quantitative estimate of drug-likeness (QED) is 0.0245. The van der Waals surface area contributed by atoms with Crippen LogP contribution in [-0.2, 0) is 79.5 Å². The van der Waals surface area contributed by atoms with Gasteiger partial charge in [0.2, 0.25) is 0 Å². The largest absolute Gasteiger partial charge is 0.468 e. The first-order chi connectivity index (χ1) is 47.1. The van der Waals surface area contributed by atoms with Crippen LogP contribution in [0.15, 0.2) is 135 Å². The predicted octanol–water partition coefficient (Wildman–Crippen LogP) is 18.3. The lowest BCUT2D eigenvalue weighted by Gasteiger charge is -2.55. The number of rotatable bonds is 22. The number of esters is 4. The summed E-state index contributed by atoms with van der Waals surface area (Å²) in [5.74, 6) is -30.8. The van der Waals surface area contributed by atoms with Crippen molar-refractivity contribution < 1.29 is 114 Å². The zero-order valence-corrected chi connectivity index (χ0v) is 59.2. The molecule has 8 saturated carbocycles. The van der Waals surface area contributed by atoms with Crippen molar-refractivity contribution >= 4 is 45.7 Å². The van der Waals surface area contributed by atoms with Crippen molar-refractivity contribution in [1.82, 2.24) is 0 Å². The smallest absolute Gasteiger partial charge is 0.461 e. The first-order valence-corrected chi connectivity index (χ1v) is 36.9. The van der Waals surface area contributed by atoms with Gasteiger partial charge in [0.1, 0.15) is 11.5 Å². The van der Waals surface area contributed by atoms with Crippen molar-refractivity contribution in [3.8, 4) is 0 Å². The number of carbonyl (C=O) groups is 4. The molecule has 2 unspecified atom stereocenters. The van der Waals surface area contributed by atoms with Gasteiger partial charge in [0.05, 0.1) is 61.4 Å². The van der Waals surface area contributed by atoms with Crippen LogP contribution < -0.4 is 0 Å². The van der Waals surface area contributed by atoms with E-state index < -0.39 is 122 Å². The molecule has 101 heavy (non-hydrogen) atoms. The molecule has 8 bridgehead atoms. The predicted molar refractivity (Wildman–Crippen MR) is 349 cm³/mol. The van der Waals surface area contributed by atoms with Gasteiger partial charge in [-0.25, -0.2) is 27.2 Å². The summed E-state index contributed by atoms with van der Waals surface area (Å²) in [5.41, 5.74) is -0.784. The first-order valence-electron chi connectivity index (χ1n) is 34.1. The van der Waals surface area contributed by atoms with E-state index in [0.717, 1.165) is 51.7 Å². The number of hydrogen-bond acceptors (Lipinski definition) is 11. The van der Waals surface area contributed by atoms with E-state index in [1.807, 2.05) is 0 Å². The molecule has 1 saturated heterocycles. The fraction of sp³-hybridized carbons (Fsp3) is 0.622. The van der Waals surface area contributed by atoms with Gasteiger partial charge >= 0.3 is 71.5 Å². The van der Waals surface area contributed by atoms with Gasteiger partial charge in [-0.2, -0.15) is 43.9 Å². The minimum Gasteiger partial charge on any atom is -0.461 e. The summed E-state index contributed by atoms with van der Waals surface area (Å²) in [7, 11) is 0.417. The molecule has 13 rings (SSSR count). The van der Waals surface area contributed by atoms with E-state index in [1.165, 1.54) is 50.5 Å². The molecule has 0 aromatic heterocycles. The van der Waals surface area contributed by atoms with Gasteiger partial charge in [-0.05, 0) is 186 Å². The Balaban J connectivity index is 0.000000178. The van der Waals surface area contributed by atoms with Gasteiger partial charge in [0.25, 0.3) is 0 Å². The second-order valence-electron chi connectivity index (χ2n) is 28.8. The third kappa shape index (κ3) is 19.3. The van der Waals surface area contributed by atoms with Gasteiger partial charge < -0.3 is 33.2 Å². The zero-order valence-electron chi connectivity index (χ0n) is 57.6. The van der Waals surface area contributed by atoms with Crippen LogP contribution in [0.25, 0.3) is 0 Å². The Labute approximate surface area is 586 Å². The Hall–Kier alpha value is -5.64. The number of benzene rings is 4. The van der Waals surface area contributed by atoms with Crippen LogP contribution in [0.2, 0.25) is 0 Å². The van der Waals surface area contributed by atoms with E-state index in [0.29, 0.717) is 49.4 Å². The third-order valence-corrected chi connectivity index (χ3v) is 24.4. The van der Waals surface area contributed by atoms with Gasteiger partial charge in [-0.3, -0.25) is 9.59 Å². The molecule has 0 spiro atoms. The van der Waals surface area contributed by atoms with E-state index in [4.69, 9.17) is 14.2 Å². The molecule has 0 radical (unpaired) electrons. The van der Waals surface area contributed by atoms with Crippen LogP contribution in [0.1, 0.15) is 144 Å². The molecule has 9 aliphatic rings. The summed E-state index contributed by atoms with van der Waals surface area (Å²) in [6.07, 6.45) is -8.10. The highest BCUT2D eigenvalue weighted by atomic mass is 32.2. The molecule has 4 aromatic carbocycles. The highest BCUT2D eigenvalue weighted by Gasteiger charge is 2.72. The van der Waals surface area contributed by atoms with Crippen molar-refractivity contribution in [2.45, 2.75) is 211 Å². The SMILES string of the molecule is CC(C)(C)c1ccc([S+]2CCOCC2)cc1.CCOC(=O)C(OCCC(F)(F)C(C)(F)F)(OC(=O)C12CC3CC(CC(C3)C1)C2)C(F)(F)F.CCOC(=O)C(OCCC(F)(F)C(C)(F)F)(OC(=O)C12CC3CC(CC(C3)C1)C2)C(F)(F)F.c1ccc([S+](c2ccccc2)c2ccccc2)cc1. The maximum atomic E-state index is 14.1. The monoisotopic (exact) mass is 1480 g/mol. The maximum absolute atomic E-state index is 14.1. The number of halogens is 14. The van der Waals surface area contributed by atoms with Gasteiger partial charge in [-0.1, -0.05) is 87.5 Å². The number of alkyl halides is 14. The van der Waals surface area contributed by atoms with Crippen molar-refractivity contribution in [3.05, 3.63) is 121 Å². The minimum absolute atomic E-state index is 0.0146. The summed E-state index contributed by atoms with van der Waals surface area (Å²) < 4.78 is 224. The normalized spacial score (nSPS) is 25.4. The van der Waals surface area contributed by atoms with Gasteiger partial charge in [0, 0.05) is 37.6 Å². The highest BCUT2D eigenvalue weighted by molar-refractivity contribution is 7.97. The third-order valence-electron chi connectivity index (χ3n) is 19.9. The standard InChI is InChI=1S/2C21H27F7O5.C18H15S.C14H21OS/c2*1-3-31-16(30)20(21(26,27)28,32-5-4-19(24,25)17(2,22)23)33-15(29)18-9-12-6-13(10-18)8-14(7-12)11-18;1-4-10-16(11-5-1)19(17-12-6-2-7-13-17)18-14-8-3-9-15-18;1-14(2,3)12-4-6-13(7-5-12)16-10-8-15-9-11-16/h2*12-14H,3-11H2,1-2H3;1-15H;4-7H,8-11H2,1-3H3/q;;2*+1. The van der Waals surface area contributed by atoms with E-state index in [-0.39, 0.29) is 65.7 Å². The van der Waals surface area contributed by atoms with Crippen LogP contribution in [0.4, 0.5) is 61.5 Å². The van der Waals surface area contributed by atoms with Crippen LogP contribution in [0.5, 0.6) is 0 Å². The van der Waals surface area contributed by atoms with Crippen LogP contribution >= 0.6 is 0 Å². The van der Waals surface area contributed by atoms with Crippen LogP contribution in [0.3, 0.4) is 0 Å². The van der Waals surface area contributed by atoms with Gasteiger partial charge in [-0.15, -0.1) is 0 Å². The molecule has 1 heterocycles. The molecular formula is C74H90F14O11S2+2. The minimum atomic E-state index is -5.71. The molecule has 1 aliphatic heterocycles. The highest BCUT2D eigenvalue weighted by Crippen LogP contribution is 2.63. The lowest BCUT2D eigenvalue weighted by molar-refractivity contribution is -0.361. The van der Waals surface area contributed by atoms with Crippen LogP contribution in [-0.4, -0.2) is 123 Å². The molecule has 8 aliphatic carbocycles. The lowest BCUT2D eigenvalue weighted by Crippen LogP contribution is -2.61. The molecule has 560 valence electrons. The Morgan fingerprint density at radius 3 is 1.01 bits per heavy atom.